The van der Waals surface area contributed by atoms with Gasteiger partial charge in [0, 0.05) is 38.6 Å². The van der Waals surface area contributed by atoms with Crippen LogP contribution in [0.25, 0.3) is 6.08 Å². The number of piperidine rings is 2. The lowest BCUT2D eigenvalue weighted by atomic mass is 9.83. The van der Waals surface area contributed by atoms with E-state index in [4.69, 9.17) is 9.47 Å². The Bertz CT molecular complexity index is 908. The summed E-state index contributed by atoms with van der Waals surface area (Å²) >= 11 is 0. The first-order valence-corrected chi connectivity index (χ1v) is 11.6. The average molecular weight is 435 g/mol. The summed E-state index contributed by atoms with van der Waals surface area (Å²) in [6.45, 7) is 3.88. The summed E-state index contributed by atoms with van der Waals surface area (Å²) in [5, 5.41) is 0. The summed E-state index contributed by atoms with van der Waals surface area (Å²) < 4.78 is 10.5. The Hall–Kier alpha value is -2.79. The lowest BCUT2D eigenvalue weighted by molar-refractivity contribution is -0.140. The topological polar surface area (TPSA) is 42.0 Å². The van der Waals surface area contributed by atoms with E-state index < -0.39 is 0 Å². The van der Waals surface area contributed by atoms with Crippen LogP contribution in [0.1, 0.15) is 30.4 Å². The highest BCUT2D eigenvalue weighted by Crippen LogP contribution is 2.31. The van der Waals surface area contributed by atoms with E-state index in [2.05, 4.69) is 46.2 Å². The monoisotopic (exact) mass is 434 g/mol. The Morgan fingerprint density at radius 2 is 1.66 bits per heavy atom. The molecule has 0 aromatic heterocycles. The molecule has 4 rings (SSSR count). The molecule has 2 aliphatic heterocycles. The van der Waals surface area contributed by atoms with Crippen molar-refractivity contribution in [1.29, 1.82) is 0 Å². The molecule has 5 heteroatoms. The van der Waals surface area contributed by atoms with Crippen molar-refractivity contribution in [2.75, 3.05) is 40.4 Å². The van der Waals surface area contributed by atoms with Crippen molar-refractivity contribution in [1.82, 2.24) is 9.80 Å². The molecule has 2 fully saturated rings. The van der Waals surface area contributed by atoms with Crippen LogP contribution < -0.4 is 9.47 Å². The maximum Gasteiger partial charge on any atom is 0.222 e. The summed E-state index contributed by atoms with van der Waals surface area (Å²) in [6.07, 6.45) is 8.08. The van der Waals surface area contributed by atoms with Gasteiger partial charge in [0.05, 0.1) is 14.2 Å². The van der Waals surface area contributed by atoms with Gasteiger partial charge in [0.15, 0.2) is 0 Å². The van der Waals surface area contributed by atoms with Gasteiger partial charge in [-0.1, -0.05) is 36.4 Å². The third kappa shape index (κ3) is 5.52. The number of likely N-dealkylation sites (tertiary alicyclic amines) is 2. The molecular formula is C27H34N2O3. The number of carbonyl (C=O) groups is 1. The number of carbonyl (C=O) groups excluding carboxylic acids is 1. The molecule has 32 heavy (non-hydrogen) atoms. The number of hydrogen-bond acceptors (Lipinski definition) is 4. The highest BCUT2D eigenvalue weighted by Gasteiger charge is 2.38. The average Bonchev–Trinajstić information content (AvgIpc) is 2.84. The van der Waals surface area contributed by atoms with Gasteiger partial charge in [-0.3, -0.25) is 9.69 Å². The molecule has 170 valence electrons. The van der Waals surface area contributed by atoms with Gasteiger partial charge < -0.3 is 14.4 Å². The van der Waals surface area contributed by atoms with Crippen molar-refractivity contribution < 1.29 is 14.3 Å². The molecule has 2 atom stereocenters. The molecule has 0 aliphatic carbocycles. The zero-order valence-corrected chi connectivity index (χ0v) is 19.2. The van der Waals surface area contributed by atoms with Crippen molar-refractivity contribution in [2.45, 2.75) is 31.7 Å². The van der Waals surface area contributed by atoms with Crippen LogP contribution in [0.3, 0.4) is 0 Å². The molecule has 0 radical (unpaired) electrons. The second-order valence-corrected chi connectivity index (χ2v) is 8.78. The number of rotatable bonds is 8. The summed E-state index contributed by atoms with van der Waals surface area (Å²) in [7, 11) is 3.37. The van der Waals surface area contributed by atoms with Gasteiger partial charge in [0.2, 0.25) is 5.91 Å². The van der Waals surface area contributed by atoms with Crippen molar-refractivity contribution in [2.24, 2.45) is 5.92 Å². The normalized spacial score (nSPS) is 21.6. The number of ether oxygens (including phenoxy) is 2. The molecule has 0 bridgehead atoms. The second-order valence-electron chi connectivity index (χ2n) is 8.78. The molecule has 0 unspecified atom stereocenters. The Kier molecular flexibility index (Phi) is 7.48. The van der Waals surface area contributed by atoms with Gasteiger partial charge >= 0.3 is 0 Å². The molecule has 1 amide bonds. The molecular weight excluding hydrogens is 400 g/mol. The van der Waals surface area contributed by atoms with Crippen molar-refractivity contribution in [3.63, 3.8) is 0 Å². The fourth-order valence-electron chi connectivity index (χ4n) is 4.98. The molecule has 2 aliphatic rings. The minimum Gasteiger partial charge on any atom is -0.497 e. The lowest BCUT2D eigenvalue weighted by Gasteiger charge is -2.47. The smallest absolute Gasteiger partial charge is 0.222 e. The van der Waals surface area contributed by atoms with E-state index in [1.807, 2.05) is 24.3 Å². The predicted octanol–water partition coefficient (Wildman–Crippen LogP) is 4.27. The second kappa shape index (κ2) is 10.7. The third-order valence-corrected chi connectivity index (χ3v) is 6.82. The first kappa shape index (κ1) is 22.4. The maximum absolute atomic E-state index is 12.7. The quantitative estimate of drug-likeness (QED) is 0.622. The number of nitrogens with zero attached hydrogens (tertiary/aromatic N) is 2. The van der Waals surface area contributed by atoms with Crippen molar-refractivity contribution in [3.05, 3.63) is 65.7 Å². The Balaban J connectivity index is 1.29. The number of amides is 1. The summed E-state index contributed by atoms with van der Waals surface area (Å²) in [4.78, 5) is 17.4. The van der Waals surface area contributed by atoms with Gasteiger partial charge in [-0.25, -0.2) is 0 Å². The molecule has 2 aromatic rings. The number of benzene rings is 2. The standard InChI is InChI=1S/C27H34N2O3/c1-31-24-10-5-21(6-11-24)4-3-17-28-18-16-26-23(20-28)9-14-27(30)29(26)19-15-22-7-12-25(32-2)13-8-22/h3-8,10-13,23,26H,9,14-20H2,1-2H3/b4-3+/t23-,26+/m1/s1. The fourth-order valence-corrected chi connectivity index (χ4v) is 4.98. The van der Waals surface area contributed by atoms with Gasteiger partial charge in [0.1, 0.15) is 11.5 Å². The maximum atomic E-state index is 12.7. The minimum absolute atomic E-state index is 0.326. The van der Waals surface area contributed by atoms with Crippen LogP contribution in [0, 0.1) is 5.92 Å². The van der Waals surface area contributed by atoms with Gasteiger partial charge in [0.25, 0.3) is 0 Å². The van der Waals surface area contributed by atoms with Crippen LogP contribution in [0.5, 0.6) is 11.5 Å². The Morgan fingerprint density at radius 1 is 0.969 bits per heavy atom. The highest BCUT2D eigenvalue weighted by atomic mass is 16.5. The molecule has 2 saturated heterocycles. The van der Waals surface area contributed by atoms with Gasteiger partial charge in [-0.15, -0.1) is 0 Å². The lowest BCUT2D eigenvalue weighted by Crippen LogP contribution is -2.56. The molecule has 0 spiro atoms. The van der Waals surface area contributed by atoms with E-state index in [0.29, 0.717) is 24.3 Å². The van der Waals surface area contributed by atoms with E-state index in [1.54, 1.807) is 14.2 Å². The summed E-state index contributed by atoms with van der Waals surface area (Å²) in [5.74, 6) is 2.66. The first-order valence-electron chi connectivity index (χ1n) is 11.6. The van der Waals surface area contributed by atoms with Crippen LogP contribution in [0.2, 0.25) is 0 Å². The highest BCUT2D eigenvalue weighted by molar-refractivity contribution is 5.77. The van der Waals surface area contributed by atoms with Crippen LogP contribution >= 0.6 is 0 Å². The SMILES string of the molecule is COc1ccc(/C=C/CN2CC[C@H]3[C@H](CCC(=O)N3CCc3ccc(OC)cc3)C2)cc1. The molecule has 2 aromatic carbocycles. The van der Waals surface area contributed by atoms with Gasteiger partial charge in [-0.2, -0.15) is 0 Å². The molecule has 5 nitrogen and oxygen atoms in total. The summed E-state index contributed by atoms with van der Waals surface area (Å²) in [6, 6.07) is 16.7. The van der Waals surface area contributed by atoms with E-state index in [9.17, 15) is 4.79 Å². The number of hydrogen-bond donors (Lipinski definition) is 0. The third-order valence-electron chi connectivity index (χ3n) is 6.82. The summed E-state index contributed by atoms with van der Waals surface area (Å²) in [5.41, 5.74) is 2.44. The molecule has 0 saturated carbocycles. The predicted molar refractivity (Wildman–Crippen MR) is 128 cm³/mol. The van der Waals surface area contributed by atoms with Crippen LogP contribution in [-0.4, -0.2) is 62.1 Å². The van der Waals surface area contributed by atoms with E-state index in [1.165, 1.54) is 11.1 Å². The molecule has 0 N–H and O–H groups in total. The van der Waals surface area contributed by atoms with E-state index >= 15 is 0 Å². The van der Waals surface area contributed by atoms with Crippen molar-refractivity contribution >= 4 is 12.0 Å². The fraction of sp³-hybridized carbons (Fsp3) is 0.444. The number of methoxy groups -OCH3 is 2. The van der Waals surface area contributed by atoms with Gasteiger partial charge in [-0.05, 0) is 60.6 Å². The van der Waals surface area contributed by atoms with E-state index in [0.717, 1.165) is 56.9 Å². The zero-order valence-electron chi connectivity index (χ0n) is 19.2. The molecule has 2 heterocycles. The van der Waals surface area contributed by atoms with Crippen LogP contribution in [-0.2, 0) is 11.2 Å². The zero-order chi connectivity index (χ0) is 22.3. The largest absolute Gasteiger partial charge is 0.497 e. The Morgan fingerprint density at radius 3 is 2.34 bits per heavy atom. The minimum atomic E-state index is 0.326. The van der Waals surface area contributed by atoms with E-state index in [-0.39, 0.29) is 0 Å². The Labute approximate surface area is 191 Å². The van der Waals surface area contributed by atoms with Crippen LogP contribution in [0.15, 0.2) is 54.6 Å². The van der Waals surface area contributed by atoms with Crippen LogP contribution in [0.4, 0.5) is 0 Å². The first-order chi connectivity index (χ1) is 15.7. The van der Waals surface area contributed by atoms with Crippen molar-refractivity contribution in [3.8, 4) is 11.5 Å². The number of fused-ring (bicyclic) bond motifs is 1.